The summed E-state index contributed by atoms with van der Waals surface area (Å²) in [6.07, 6.45) is 1.08. The molecule has 2 rings (SSSR count). The van der Waals surface area contributed by atoms with Crippen molar-refractivity contribution in [1.82, 2.24) is 0 Å². The van der Waals surface area contributed by atoms with Gasteiger partial charge in [-0.05, 0) is 49.7 Å². The van der Waals surface area contributed by atoms with Crippen LogP contribution in [0.2, 0.25) is 0 Å². The van der Waals surface area contributed by atoms with Crippen LogP contribution in [0.4, 0.5) is 5.69 Å². The third-order valence-corrected chi connectivity index (χ3v) is 3.36. The van der Waals surface area contributed by atoms with Crippen molar-refractivity contribution in [3.63, 3.8) is 0 Å². The molecule has 0 heterocycles. The van der Waals surface area contributed by atoms with E-state index in [0.29, 0.717) is 11.3 Å². The van der Waals surface area contributed by atoms with Crippen molar-refractivity contribution in [2.45, 2.75) is 26.4 Å². The van der Waals surface area contributed by atoms with Gasteiger partial charge in [0.05, 0.1) is 13.2 Å². The number of anilines is 1. The molecule has 116 valence electrons. The monoisotopic (exact) mass is 299 g/mol. The Morgan fingerprint density at radius 2 is 1.86 bits per heavy atom. The van der Waals surface area contributed by atoms with Gasteiger partial charge >= 0.3 is 0 Å². The third-order valence-electron chi connectivity index (χ3n) is 3.36. The first-order valence-electron chi connectivity index (χ1n) is 7.34. The van der Waals surface area contributed by atoms with Crippen molar-refractivity contribution >= 4 is 11.6 Å². The van der Waals surface area contributed by atoms with E-state index in [-0.39, 0.29) is 12.0 Å². The Balaban J connectivity index is 2.05. The Labute approximate surface area is 131 Å². The Morgan fingerprint density at radius 1 is 1.14 bits per heavy atom. The minimum atomic E-state index is -0.164. The van der Waals surface area contributed by atoms with Gasteiger partial charge in [-0.2, -0.15) is 0 Å². The summed E-state index contributed by atoms with van der Waals surface area (Å²) in [5.41, 5.74) is 1.29. The summed E-state index contributed by atoms with van der Waals surface area (Å²) in [5.74, 6) is 1.31. The third kappa shape index (κ3) is 4.25. The van der Waals surface area contributed by atoms with Gasteiger partial charge in [-0.15, -0.1) is 0 Å². The lowest BCUT2D eigenvalue weighted by molar-refractivity contribution is 0.102. The van der Waals surface area contributed by atoms with E-state index in [4.69, 9.17) is 9.47 Å². The average Bonchev–Trinajstić information content (AvgIpc) is 2.55. The Hall–Kier alpha value is -2.49. The smallest absolute Gasteiger partial charge is 0.255 e. The molecule has 0 aliphatic rings. The first-order chi connectivity index (χ1) is 10.6. The van der Waals surface area contributed by atoms with Gasteiger partial charge in [0.1, 0.15) is 11.5 Å². The lowest BCUT2D eigenvalue weighted by Gasteiger charge is -2.13. The molecule has 1 N–H and O–H groups in total. The number of nitrogens with one attached hydrogen (secondary N) is 1. The van der Waals surface area contributed by atoms with E-state index in [1.54, 1.807) is 31.4 Å². The van der Waals surface area contributed by atoms with E-state index >= 15 is 0 Å². The molecular weight excluding hydrogens is 278 g/mol. The number of rotatable bonds is 6. The molecule has 22 heavy (non-hydrogen) atoms. The predicted octanol–water partition coefficient (Wildman–Crippen LogP) is 4.12. The second kappa shape index (κ2) is 7.50. The van der Waals surface area contributed by atoms with Crippen LogP contribution in [0.3, 0.4) is 0 Å². The van der Waals surface area contributed by atoms with Crippen molar-refractivity contribution < 1.29 is 14.3 Å². The second-order valence-electron chi connectivity index (χ2n) is 5.05. The number of carbonyl (C=O) groups is 1. The fraction of sp³-hybridized carbons (Fsp3) is 0.278. The fourth-order valence-corrected chi connectivity index (χ4v) is 1.91. The first-order valence-corrected chi connectivity index (χ1v) is 7.34. The molecule has 0 radical (unpaired) electrons. The zero-order valence-electron chi connectivity index (χ0n) is 13.1. The summed E-state index contributed by atoms with van der Waals surface area (Å²) in [4.78, 5) is 12.2. The summed E-state index contributed by atoms with van der Waals surface area (Å²) < 4.78 is 10.8. The van der Waals surface area contributed by atoms with Crippen molar-refractivity contribution in [2.75, 3.05) is 12.4 Å². The molecule has 0 bridgehead atoms. The highest BCUT2D eigenvalue weighted by Gasteiger charge is 2.07. The summed E-state index contributed by atoms with van der Waals surface area (Å²) in [5, 5.41) is 2.87. The lowest BCUT2D eigenvalue weighted by atomic mass is 10.2. The van der Waals surface area contributed by atoms with Crippen LogP contribution in [0, 0.1) is 0 Å². The molecule has 0 fully saturated rings. The van der Waals surface area contributed by atoms with Crippen LogP contribution >= 0.6 is 0 Å². The topological polar surface area (TPSA) is 47.6 Å². The van der Waals surface area contributed by atoms with Crippen LogP contribution < -0.4 is 14.8 Å². The minimum absolute atomic E-state index is 0.146. The standard InChI is InChI=1S/C18H21NO3/c1-4-13(2)22-17-7-5-6-15(12-17)19-18(20)14-8-10-16(21-3)11-9-14/h5-13H,4H2,1-3H3,(H,19,20). The number of amides is 1. The number of ether oxygens (including phenoxy) is 2. The summed E-state index contributed by atoms with van der Waals surface area (Å²) in [6.45, 7) is 4.09. The SMILES string of the molecule is CCC(C)Oc1cccc(NC(=O)c2ccc(OC)cc2)c1. The van der Waals surface area contributed by atoms with Crippen LogP contribution in [-0.2, 0) is 0 Å². The summed E-state index contributed by atoms with van der Waals surface area (Å²) in [6, 6.07) is 14.4. The first kappa shape index (κ1) is 15.9. The van der Waals surface area contributed by atoms with Gasteiger partial charge in [0.2, 0.25) is 0 Å². The average molecular weight is 299 g/mol. The van der Waals surface area contributed by atoms with E-state index in [9.17, 15) is 4.79 Å². The minimum Gasteiger partial charge on any atom is -0.497 e. The molecule has 0 saturated heterocycles. The van der Waals surface area contributed by atoms with Gasteiger partial charge in [0.15, 0.2) is 0 Å². The number of hydrogen-bond donors (Lipinski definition) is 1. The Bertz CT molecular complexity index is 622. The maximum absolute atomic E-state index is 12.2. The highest BCUT2D eigenvalue weighted by atomic mass is 16.5. The number of carbonyl (C=O) groups excluding carboxylic acids is 1. The Kier molecular flexibility index (Phi) is 5.42. The van der Waals surface area contributed by atoms with E-state index < -0.39 is 0 Å². The maximum atomic E-state index is 12.2. The van der Waals surface area contributed by atoms with E-state index in [2.05, 4.69) is 12.2 Å². The van der Waals surface area contributed by atoms with Crippen LogP contribution in [-0.4, -0.2) is 19.1 Å². The lowest BCUT2D eigenvalue weighted by Crippen LogP contribution is -2.13. The van der Waals surface area contributed by atoms with E-state index in [1.165, 1.54) is 0 Å². The van der Waals surface area contributed by atoms with Gasteiger partial charge in [0, 0.05) is 17.3 Å². The van der Waals surface area contributed by atoms with Gasteiger partial charge in [-0.1, -0.05) is 13.0 Å². The fourth-order valence-electron chi connectivity index (χ4n) is 1.91. The number of benzene rings is 2. The normalized spacial score (nSPS) is 11.6. The maximum Gasteiger partial charge on any atom is 0.255 e. The van der Waals surface area contributed by atoms with Crippen molar-refractivity contribution in [2.24, 2.45) is 0 Å². The predicted molar refractivity (Wildman–Crippen MR) is 87.8 cm³/mol. The Morgan fingerprint density at radius 3 is 2.50 bits per heavy atom. The highest BCUT2D eigenvalue weighted by Crippen LogP contribution is 2.20. The molecule has 1 amide bonds. The summed E-state index contributed by atoms with van der Waals surface area (Å²) >= 11 is 0. The molecule has 4 nitrogen and oxygen atoms in total. The molecule has 1 atom stereocenters. The highest BCUT2D eigenvalue weighted by molar-refractivity contribution is 6.04. The molecule has 0 aliphatic carbocycles. The van der Waals surface area contributed by atoms with Crippen LogP contribution in [0.5, 0.6) is 11.5 Å². The largest absolute Gasteiger partial charge is 0.497 e. The summed E-state index contributed by atoms with van der Waals surface area (Å²) in [7, 11) is 1.60. The molecular formula is C18H21NO3. The molecule has 0 spiro atoms. The van der Waals surface area contributed by atoms with Crippen LogP contribution in [0.1, 0.15) is 30.6 Å². The molecule has 0 aliphatic heterocycles. The van der Waals surface area contributed by atoms with Gasteiger partial charge < -0.3 is 14.8 Å². The molecule has 2 aromatic carbocycles. The van der Waals surface area contributed by atoms with Gasteiger partial charge in [-0.3, -0.25) is 4.79 Å². The van der Waals surface area contributed by atoms with Crippen LogP contribution in [0.15, 0.2) is 48.5 Å². The van der Waals surface area contributed by atoms with Crippen molar-refractivity contribution in [1.29, 1.82) is 0 Å². The number of methoxy groups -OCH3 is 1. The second-order valence-corrected chi connectivity index (χ2v) is 5.05. The molecule has 2 aromatic rings. The number of hydrogen-bond acceptors (Lipinski definition) is 3. The van der Waals surface area contributed by atoms with Crippen LogP contribution in [0.25, 0.3) is 0 Å². The molecule has 1 unspecified atom stereocenters. The van der Waals surface area contributed by atoms with Crippen molar-refractivity contribution in [3.8, 4) is 11.5 Å². The van der Waals surface area contributed by atoms with Gasteiger partial charge in [0.25, 0.3) is 5.91 Å². The van der Waals surface area contributed by atoms with E-state index in [0.717, 1.165) is 17.9 Å². The zero-order chi connectivity index (χ0) is 15.9. The zero-order valence-corrected chi connectivity index (χ0v) is 13.1. The van der Waals surface area contributed by atoms with E-state index in [1.807, 2.05) is 31.2 Å². The molecule has 0 aromatic heterocycles. The molecule has 0 saturated carbocycles. The quantitative estimate of drug-likeness (QED) is 0.872. The molecule has 4 heteroatoms. The van der Waals surface area contributed by atoms with Crippen molar-refractivity contribution in [3.05, 3.63) is 54.1 Å². The van der Waals surface area contributed by atoms with Gasteiger partial charge in [-0.25, -0.2) is 0 Å².